The third kappa shape index (κ3) is 2.36. The summed E-state index contributed by atoms with van der Waals surface area (Å²) in [7, 11) is 0. The Morgan fingerprint density at radius 2 is 1.47 bits per heavy atom. The number of para-hydroxylation sites is 3. The predicted molar refractivity (Wildman–Crippen MR) is 64.7 cm³/mol. The van der Waals surface area contributed by atoms with Crippen LogP contribution in [0.2, 0.25) is 0 Å². The van der Waals surface area contributed by atoms with Crippen molar-refractivity contribution in [1.82, 2.24) is 0 Å². The molecule has 4 heteroatoms. The number of phenolic OH excluding ortho intramolecular Hbond substituents is 2. The van der Waals surface area contributed by atoms with Crippen LogP contribution < -0.4 is 0 Å². The fraction of sp³-hybridized carbons (Fsp3) is 0. The second-order valence-electron chi connectivity index (χ2n) is 3.50. The van der Waals surface area contributed by atoms with E-state index in [2.05, 4.69) is 0 Å². The molecule has 0 radical (unpaired) electrons. The maximum atomic E-state index is 11.8. The van der Waals surface area contributed by atoms with Crippen molar-refractivity contribution in [2.45, 2.75) is 0 Å². The largest absolute Gasteiger partial charge is 0.618 e. The maximum Gasteiger partial charge on any atom is 0.258 e. The molecule has 0 aliphatic rings. The summed E-state index contributed by atoms with van der Waals surface area (Å²) in [6.45, 7) is 0. The van der Waals surface area contributed by atoms with Crippen LogP contribution in [0.3, 0.4) is 0 Å². The fourth-order valence-corrected chi connectivity index (χ4v) is 1.44. The molecule has 17 heavy (non-hydrogen) atoms. The average Bonchev–Trinajstić information content (AvgIpc) is 2.32. The van der Waals surface area contributed by atoms with E-state index >= 15 is 0 Å². The van der Waals surface area contributed by atoms with Crippen molar-refractivity contribution in [1.29, 1.82) is 0 Å². The molecule has 2 aromatic carbocycles. The van der Waals surface area contributed by atoms with E-state index in [0.717, 1.165) is 0 Å². The summed E-state index contributed by atoms with van der Waals surface area (Å²) >= 11 is 0. The third-order valence-electron chi connectivity index (χ3n) is 2.31. The summed E-state index contributed by atoms with van der Waals surface area (Å²) in [5.74, 6) is -0.0852. The summed E-state index contributed by atoms with van der Waals surface area (Å²) in [6, 6.07) is 12.7. The van der Waals surface area contributed by atoms with Crippen molar-refractivity contribution < 1.29 is 15.0 Å². The SMILES string of the molecule is [O-][N+](=Cc1ccccc1O)c1ccccc1O. The van der Waals surface area contributed by atoms with Gasteiger partial charge in [-0.25, -0.2) is 0 Å². The molecule has 0 unspecified atom stereocenters. The van der Waals surface area contributed by atoms with Gasteiger partial charge in [0.25, 0.3) is 5.69 Å². The lowest BCUT2D eigenvalue weighted by Crippen LogP contribution is -1.99. The molecule has 0 fully saturated rings. The van der Waals surface area contributed by atoms with Gasteiger partial charge in [0.2, 0.25) is 0 Å². The molecule has 0 spiro atoms. The predicted octanol–water partition coefficient (Wildman–Crippen LogP) is 2.36. The van der Waals surface area contributed by atoms with Crippen LogP contribution >= 0.6 is 0 Å². The van der Waals surface area contributed by atoms with E-state index in [1.165, 1.54) is 24.4 Å². The van der Waals surface area contributed by atoms with E-state index in [1.807, 2.05) is 0 Å². The zero-order valence-corrected chi connectivity index (χ0v) is 8.95. The Bertz CT molecular complexity index is 564. The summed E-state index contributed by atoms with van der Waals surface area (Å²) in [4.78, 5) is 0. The first-order valence-corrected chi connectivity index (χ1v) is 5.05. The molecule has 86 valence electrons. The molecule has 0 aromatic heterocycles. The number of nitrogens with zero attached hydrogens (tertiary/aromatic N) is 1. The molecule has 2 rings (SSSR count). The highest BCUT2D eigenvalue weighted by Gasteiger charge is 2.08. The van der Waals surface area contributed by atoms with Gasteiger partial charge in [-0.3, -0.25) is 0 Å². The Morgan fingerprint density at radius 3 is 2.12 bits per heavy atom. The van der Waals surface area contributed by atoms with Crippen molar-refractivity contribution in [3.63, 3.8) is 0 Å². The van der Waals surface area contributed by atoms with E-state index in [0.29, 0.717) is 10.3 Å². The fourth-order valence-electron chi connectivity index (χ4n) is 1.44. The summed E-state index contributed by atoms with van der Waals surface area (Å²) in [6.07, 6.45) is 1.21. The number of aromatic hydroxyl groups is 2. The first-order valence-electron chi connectivity index (χ1n) is 5.05. The van der Waals surface area contributed by atoms with Crippen molar-refractivity contribution in [2.24, 2.45) is 0 Å². The first kappa shape index (κ1) is 11.0. The molecular weight excluding hydrogens is 218 g/mol. The van der Waals surface area contributed by atoms with E-state index < -0.39 is 0 Å². The third-order valence-corrected chi connectivity index (χ3v) is 2.31. The number of benzene rings is 2. The van der Waals surface area contributed by atoms with Gasteiger partial charge >= 0.3 is 0 Å². The van der Waals surface area contributed by atoms with Gasteiger partial charge < -0.3 is 15.4 Å². The minimum absolute atomic E-state index is 0.0174. The van der Waals surface area contributed by atoms with Gasteiger partial charge in [0.05, 0.1) is 5.56 Å². The molecule has 0 saturated heterocycles. The molecular formula is C13H11NO3. The molecule has 0 aliphatic carbocycles. The second kappa shape index (κ2) is 4.57. The highest BCUT2D eigenvalue weighted by atomic mass is 16.5. The summed E-state index contributed by atoms with van der Waals surface area (Å²) in [5, 5.41) is 30.8. The van der Waals surface area contributed by atoms with Crippen molar-refractivity contribution in [2.75, 3.05) is 0 Å². The Labute approximate surface area is 98.3 Å². The molecule has 0 bridgehead atoms. The molecule has 0 heterocycles. The Kier molecular flexibility index (Phi) is 2.96. The summed E-state index contributed by atoms with van der Waals surface area (Å²) in [5.41, 5.74) is 0.529. The zero-order valence-electron chi connectivity index (χ0n) is 8.95. The van der Waals surface area contributed by atoms with Crippen molar-refractivity contribution in [3.05, 3.63) is 59.3 Å². The molecule has 0 aliphatic heterocycles. The van der Waals surface area contributed by atoms with Gasteiger partial charge in [-0.1, -0.05) is 24.3 Å². The molecule has 4 nitrogen and oxygen atoms in total. The molecule has 0 amide bonds. The van der Waals surface area contributed by atoms with Crippen LogP contribution in [-0.2, 0) is 0 Å². The number of rotatable bonds is 2. The number of phenols is 2. The van der Waals surface area contributed by atoms with Crippen LogP contribution in [0.5, 0.6) is 11.5 Å². The van der Waals surface area contributed by atoms with Crippen LogP contribution in [-0.4, -0.2) is 21.2 Å². The number of hydrogen-bond acceptors (Lipinski definition) is 3. The molecule has 0 atom stereocenters. The lowest BCUT2D eigenvalue weighted by atomic mass is 10.2. The van der Waals surface area contributed by atoms with Crippen LogP contribution in [0.1, 0.15) is 5.56 Å². The van der Waals surface area contributed by atoms with E-state index in [4.69, 9.17) is 0 Å². The minimum atomic E-state index is -0.103. The second-order valence-corrected chi connectivity index (χ2v) is 3.50. The summed E-state index contributed by atoms with van der Waals surface area (Å²) < 4.78 is 0.518. The maximum absolute atomic E-state index is 11.8. The van der Waals surface area contributed by atoms with Gasteiger partial charge in [-0.05, 0) is 18.2 Å². The molecule has 0 saturated carbocycles. The van der Waals surface area contributed by atoms with Crippen molar-refractivity contribution in [3.8, 4) is 11.5 Å². The standard InChI is InChI=1S/C13H11NO3/c15-12-7-3-1-5-10(12)9-14(17)11-6-2-4-8-13(11)16/h1-9,15-16H. The highest BCUT2D eigenvalue weighted by Crippen LogP contribution is 2.24. The molecule has 2 N–H and O–H groups in total. The zero-order chi connectivity index (χ0) is 12.3. The van der Waals surface area contributed by atoms with Crippen LogP contribution in [0.4, 0.5) is 5.69 Å². The van der Waals surface area contributed by atoms with Crippen molar-refractivity contribution >= 4 is 11.9 Å². The quantitative estimate of drug-likeness (QED) is 0.359. The van der Waals surface area contributed by atoms with E-state index in [-0.39, 0.29) is 17.2 Å². The highest BCUT2D eigenvalue weighted by molar-refractivity contribution is 5.80. The van der Waals surface area contributed by atoms with Crippen LogP contribution in [0.15, 0.2) is 48.5 Å². The van der Waals surface area contributed by atoms with Gasteiger partial charge in [-0.2, -0.15) is 4.74 Å². The minimum Gasteiger partial charge on any atom is -0.618 e. The van der Waals surface area contributed by atoms with Gasteiger partial charge in [0, 0.05) is 6.07 Å². The smallest absolute Gasteiger partial charge is 0.258 e. The topological polar surface area (TPSA) is 66.5 Å². The normalized spacial score (nSPS) is 11.4. The Hall–Kier alpha value is -2.49. The van der Waals surface area contributed by atoms with E-state index in [1.54, 1.807) is 30.3 Å². The first-order chi connectivity index (χ1) is 8.18. The van der Waals surface area contributed by atoms with E-state index in [9.17, 15) is 15.4 Å². The average molecular weight is 229 g/mol. The number of hydrogen-bond donors (Lipinski definition) is 2. The monoisotopic (exact) mass is 229 g/mol. The lowest BCUT2D eigenvalue weighted by molar-refractivity contribution is -0.355. The van der Waals surface area contributed by atoms with Crippen LogP contribution in [0.25, 0.3) is 0 Å². The Balaban J connectivity index is 2.42. The van der Waals surface area contributed by atoms with Gasteiger partial charge in [-0.15, -0.1) is 0 Å². The Morgan fingerprint density at radius 1 is 0.882 bits per heavy atom. The lowest BCUT2D eigenvalue weighted by Gasteiger charge is -2.05. The van der Waals surface area contributed by atoms with Gasteiger partial charge in [0.15, 0.2) is 12.0 Å². The van der Waals surface area contributed by atoms with Gasteiger partial charge in [0.1, 0.15) is 5.75 Å². The van der Waals surface area contributed by atoms with Crippen LogP contribution in [0, 0.1) is 5.21 Å². The molecule has 2 aromatic rings.